The van der Waals surface area contributed by atoms with Gasteiger partial charge < -0.3 is 14.5 Å². The number of benzene rings is 2. The smallest absolute Gasteiger partial charge is 0.274 e. The number of amides is 1. The lowest BCUT2D eigenvalue weighted by Crippen LogP contribution is -2.30. The van der Waals surface area contributed by atoms with E-state index in [2.05, 4.69) is 10.3 Å². The summed E-state index contributed by atoms with van der Waals surface area (Å²) >= 11 is 0. The molecule has 5 nitrogen and oxygen atoms in total. The lowest BCUT2D eigenvalue weighted by Gasteiger charge is -2.18. The fraction of sp³-hybridized carbons (Fsp3) is 0.333. The normalized spacial score (nSPS) is 17.0. The molecule has 1 atom stereocenters. The summed E-state index contributed by atoms with van der Waals surface area (Å²) in [6.45, 7) is 0. The van der Waals surface area contributed by atoms with Crippen molar-refractivity contribution in [3.8, 4) is 17.2 Å². The van der Waals surface area contributed by atoms with Crippen LogP contribution in [0.3, 0.4) is 0 Å². The van der Waals surface area contributed by atoms with Crippen LogP contribution < -0.4 is 10.1 Å². The fourth-order valence-electron chi connectivity index (χ4n) is 3.74. The van der Waals surface area contributed by atoms with E-state index in [-0.39, 0.29) is 11.9 Å². The van der Waals surface area contributed by atoms with Crippen LogP contribution in [0.4, 0.5) is 0 Å². The van der Waals surface area contributed by atoms with Gasteiger partial charge in [-0.2, -0.15) is 0 Å². The Balaban J connectivity index is 1.42. The van der Waals surface area contributed by atoms with Crippen LogP contribution in [0.1, 0.15) is 59.5 Å². The third kappa shape index (κ3) is 3.77. The number of carbonyl (C=O) groups is 1. The zero-order valence-corrected chi connectivity index (χ0v) is 16.4. The van der Waals surface area contributed by atoms with Crippen molar-refractivity contribution in [2.45, 2.75) is 37.6 Å². The molecule has 29 heavy (non-hydrogen) atoms. The van der Waals surface area contributed by atoms with Crippen molar-refractivity contribution in [3.63, 3.8) is 0 Å². The second kappa shape index (κ2) is 7.39. The van der Waals surface area contributed by atoms with E-state index in [1.165, 1.54) is 0 Å². The van der Waals surface area contributed by atoms with Crippen LogP contribution in [0, 0.1) is 5.92 Å². The number of oxazole rings is 1. The number of aromatic nitrogens is 1. The van der Waals surface area contributed by atoms with Crippen molar-refractivity contribution in [1.82, 2.24) is 10.3 Å². The molecule has 0 bridgehead atoms. The van der Waals surface area contributed by atoms with Gasteiger partial charge in [0.25, 0.3) is 5.91 Å². The highest BCUT2D eigenvalue weighted by atomic mass is 16.5. The Kier molecular flexibility index (Phi) is 4.58. The highest BCUT2D eigenvalue weighted by Crippen LogP contribution is 2.44. The molecule has 3 aromatic rings. The largest absolute Gasteiger partial charge is 0.497 e. The van der Waals surface area contributed by atoms with Crippen molar-refractivity contribution in [3.05, 3.63) is 71.6 Å². The first-order chi connectivity index (χ1) is 14.2. The van der Waals surface area contributed by atoms with E-state index >= 15 is 0 Å². The van der Waals surface area contributed by atoms with Crippen LogP contribution in [0.25, 0.3) is 11.5 Å². The minimum atomic E-state index is -0.148. The quantitative estimate of drug-likeness (QED) is 0.611. The van der Waals surface area contributed by atoms with E-state index in [1.54, 1.807) is 7.11 Å². The van der Waals surface area contributed by atoms with Gasteiger partial charge in [0, 0.05) is 11.5 Å². The minimum absolute atomic E-state index is 0.0164. The zero-order chi connectivity index (χ0) is 19.8. The van der Waals surface area contributed by atoms with Crippen molar-refractivity contribution < 1.29 is 13.9 Å². The summed E-state index contributed by atoms with van der Waals surface area (Å²) < 4.78 is 11.3. The molecule has 2 saturated carbocycles. The molecule has 2 aromatic carbocycles. The molecule has 1 amide bonds. The number of hydrogen-bond acceptors (Lipinski definition) is 4. The Bertz CT molecular complexity index is 1000. The molecule has 2 aliphatic rings. The van der Waals surface area contributed by atoms with Crippen LogP contribution in [0.5, 0.6) is 5.75 Å². The van der Waals surface area contributed by atoms with E-state index in [9.17, 15) is 4.79 Å². The Hall–Kier alpha value is -3.08. The van der Waals surface area contributed by atoms with Gasteiger partial charge in [-0.1, -0.05) is 30.3 Å². The van der Waals surface area contributed by atoms with E-state index in [0.717, 1.165) is 48.3 Å². The monoisotopic (exact) mass is 388 g/mol. The topological polar surface area (TPSA) is 64.4 Å². The van der Waals surface area contributed by atoms with Gasteiger partial charge >= 0.3 is 0 Å². The lowest BCUT2D eigenvalue weighted by molar-refractivity contribution is 0.0925. The number of hydrogen-bond donors (Lipinski definition) is 1. The molecule has 0 radical (unpaired) electrons. The van der Waals surface area contributed by atoms with Crippen molar-refractivity contribution in [2.75, 3.05) is 7.11 Å². The third-order valence-corrected chi connectivity index (χ3v) is 5.69. The molecule has 0 saturated heterocycles. The first-order valence-corrected chi connectivity index (χ1v) is 10.2. The molecule has 1 N–H and O–H groups in total. The second-order valence-corrected chi connectivity index (χ2v) is 7.93. The fourth-order valence-corrected chi connectivity index (χ4v) is 3.74. The van der Waals surface area contributed by atoms with Gasteiger partial charge in [0.2, 0.25) is 5.89 Å². The maximum atomic E-state index is 13.2. The molecule has 5 rings (SSSR count). The molecular weight excluding hydrogens is 364 g/mol. The van der Waals surface area contributed by atoms with Crippen LogP contribution >= 0.6 is 0 Å². The van der Waals surface area contributed by atoms with Gasteiger partial charge in [-0.25, -0.2) is 4.98 Å². The number of rotatable bonds is 7. The number of ether oxygens (including phenoxy) is 1. The molecule has 0 aliphatic heterocycles. The molecule has 2 aliphatic carbocycles. The predicted molar refractivity (Wildman–Crippen MR) is 110 cm³/mol. The molecule has 1 heterocycles. The van der Waals surface area contributed by atoms with E-state index in [4.69, 9.17) is 9.15 Å². The summed E-state index contributed by atoms with van der Waals surface area (Å²) in [4.78, 5) is 17.8. The van der Waals surface area contributed by atoms with Crippen molar-refractivity contribution in [1.29, 1.82) is 0 Å². The van der Waals surface area contributed by atoms with Crippen LogP contribution in [-0.2, 0) is 0 Å². The lowest BCUT2D eigenvalue weighted by atomic mass is 10.0. The molecule has 0 spiro atoms. The zero-order valence-electron chi connectivity index (χ0n) is 16.4. The maximum Gasteiger partial charge on any atom is 0.274 e. The van der Waals surface area contributed by atoms with Gasteiger partial charge in [-0.15, -0.1) is 0 Å². The summed E-state index contributed by atoms with van der Waals surface area (Å²) in [5.74, 6) is 2.69. The molecule has 1 unspecified atom stereocenters. The van der Waals surface area contributed by atoms with Gasteiger partial charge in [-0.05, 0) is 61.4 Å². The summed E-state index contributed by atoms with van der Waals surface area (Å²) in [5.41, 5.74) is 2.43. The highest BCUT2D eigenvalue weighted by molar-refractivity contribution is 5.94. The Morgan fingerprint density at radius 2 is 1.79 bits per heavy atom. The van der Waals surface area contributed by atoms with Gasteiger partial charge in [0.1, 0.15) is 11.5 Å². The van der Waals surface area contributed by atoms with Crippen LogP contribution in [0.2, 0.25) is 0 Å². The van der Waals surface area contributed by atoms with Crippen LogP contribution in [-0.4, -0.2) is 18.0 Å². The Morgan fingerprint density at radius 1 is 1.07 bits per heavy atom. The highest BCUT2D eigenvalue weighted by Gasteiger charge is 2.37. The Morgan fingerprint density at radius 3 is 2.41 bits per heavy atom. The average molecular weight is 388 g/mol. The molecule has 2 fully saturated rings. The molecule has 1 aromatic heterocycles. The van der Waals surface area contributed by atoms with E-state index < -0.39 is 0 Å². The summed E-state index contributed by atoms with van der Waals surface area (Å²) in [5, 5.41) is 3.23. The number of carbonyl (C=O) groups excluding carboxylic acids is 1. The summed E-state index contributed by atoms with van der Waals surface area (Å²) in [7, 11) is 1.66. The standard InChI is InChI=1S/C24H24N2O3/c1-28-19-13-11-16(12-14-19)20(15-7-8-15)25-23(27)21-22(17-9-10-17)29-24(26-21)18-5-3-2-4-6-18/h2-6,11-15,17,20H,7-10H2,1H3,(H,25,27). The molecule has 148 valence electrons. The average Bonchev–Trinajstić information content (AvgIpc) is 3.71. The van der Waals surface area contributed by atoms with E-state index in [1.807, 2.05) is 54.6 Å². The first-order valence-electron chi connectivity index (χ1n) is 10.2. The van der Waals surface area contributed by atoms with Crippen LogP contribution in [0.15, 0.2) is 59.0 Å². The number of methoxy groups -OCH3 is 1. The third-order valence-electron chi connectivity index (χ3n) is 5.69. The van der Waals surface area contributed by atoms with Gasteiger partial charge in [-0.3, -0.25) is 4.79 Å². The van der Waals surface area contributed by atoms with Gasteiger partial charge in [0.05, 0.1) is 13.2 Å². The maximum absolute atomic E-state index is 13.2. The predicted octanol–water partition coefficient (Wildman–Crippen LogP) is 5.11. The van der Waals surface area contributed by atoms with Crippen molar-refractivity contribution >= 4 is 5.91 Å². The summed E-state index contributed by atoms with van der Waals surface area (Å²) in [6, 6.07) is 17.7. The summed E-state index contributed by atoms with van der Waals surface area (Å²) in [6.07, 6.45) is 4.35. The van der Waals surface area contributed by atoms with E-state index in [0.29, 0.717) is 23.4 Å². The molecule has 5 heteroatoms. The number of nitrogens with one attached hydrogen (secondary N) is 1. The minimum Gasteiger partial charge on any atom is -0.497 e. The van der Waals surface area contributed by atoms with Crippen molar-refractivity contribution in [2.24, 2.45) is 5.92 Å². The SMILES string of the molecule is COc1ccc(C(NC(=O)c2nc(-c3ccccc3)oc2C2CC2)C2CC2)cc1. The molecular formula is C24H24N2O3. The first kappa shape index (κ1) is 18.0. The Labute approximate surface area is 170 Å². The van der Waals surface area contributed by atoms with Gasteiger partial charge in [0.15, 0.2) is 5.69 Å². The second-order valence-electron chi connectivity index (χ2n) is 7.93. The number of nitrogens with zero attached hydrogens (tertiary/aromatic N) is 1.